The van der Waals surface area contributed by atoms with Crippen molar-refractivity contribution in [3.8, 4) is 0 Å². The van der Waals surface area contributed by atoms with Crippen LogP contribution in [0, 0.1) is 10.8 Å². The van der Waals surface area contributed by atoms with Crippen LogP contribution in [0.4, 0.5) is 0 Å². The van der Waals surface area contributed by atoms with Gasteiger partial charge in [0.15, 0.2) is 0 Å². The van der Waals surface area contributed by atoms with Crippen molar-refractivity contribution in [2.75, 3.05) is 0 Å². The van der Waals surface area contributed by atoms with E-state index in [2.05, 4.69) is 72.8 Å². The Kier molecular flexibility index (Phi) is 2.79. The van der Waals surface area contributed by atoms with Crippen LogP contribution in [0.5, 0.6) is 0 Å². The number of rotatable bonds is 2. The van der Waals surface area contributed by atoms with E-state index in [-0.39, 0.29) is 10.8 Å². The Bertz CT molecular complexity index is 1410. The summed E-state index contributed by atoms with van der Waals surface area (Å²) < 4.78 is 44.6. The lowest BCUT2D eigenvalue weighted by Gasteiger charge is -2.51. The third-order valence-electron chi connectivity index (χ3n) is 10.3. The molecule has 3 heterocycles. The molecule has 170 valence electrons. The zero-order valence-corrected chi connectivity index (χ0v) is 19.2. The predicted octanol–water partition coefficient (Wildman–Crippen LogP) is 4.56. The van der Waals surface area contributed by atoms with Gasteiger partial charge in [0.2, 0.25) is 0 Å². The van der Waals surface area contributed by atoms with Crippen molar-refractivity contribution in [2.45, 2.75) is 48.1 Å². The quantitative estimate of drug-likeness (QED) is 0.550. The average Bonchev–Trinajstić information content (AvgIpc) is 3.59. The van der Waals surface area contributed by atoms with Crippen LogP contribution in [0.15, 0.2) is 84.9 Å². The summed E-state index contributed by atoms with van der Waals surface area (Å²) in [5.74, 6) is 0. The van der Waals surface area contributed by atoms with Gasteiger partial charge in [0.05, 0.1) is 0 Å². The lowest BCUT2D eigenvalue weighted by molar-refractivity contribution is -0.0883. The van der Waals surface area contributed by atoms with Gasteiger partial charge in [-0.2, -0.15) is 8.42 Å². The summed E-state index contributed by atoms with van der Waals surface area (Å²) in [4.78, 5) is 0. The normalized spacial score (nSPS) is 47.2. The van der Waals surface area contributed by atoms with E-state index >= 15 is 0 Å². The van der Waals surface area contributed by atoms with Gasteiger partial charge in [0.25, 0.3) is 0 Å². The highest BCUT2D eigenvalue weighted by Gasteiger charge is 3.01. The molecule has 5 nitrogen and oxygen atoms in total. The molecule has 7 aliphatic rings. The first-order valence-corrected chi connectivity index (χ1v) is 13.3. The van der Waals surface area contributed by atoms with E-state index < -0.39 is 32.8 Å². The molecule has 0 radical (unpaired) electrons. The van der Waals surface area contributed by atoms with Crippen molar-refractivity contribution < 1.29 is 21.5 Å². The number of fused-ring (bicyclic) bond motifs is 5. The fourth-order valence-electron chi connectivity index (χ4n) is 9.85. The van der Waals surface area contributed by atoms with Gasteiger partial charge < -0.3 is 4.74 Å². The third kappa shape index (κ3) is 1.50. The predicted molar refractivity (Wildman–Crippen MR) is 122 cm³/mol. The Balaban J connectivity index is 1.45. The highest BCUT2D eigenvalue weighted by atomic mass is 32.3. The molecule has 10 rings (SSSR count). The summed E-state index contributed by atoms with van der Waals surface area (Å²) in [6.45, 7) is 0. The molecule has 2 saturated heterocycles. The monoisotopic (exact) mass is 470 g/mol. The van der Waals surface area contributed by atoms with Crippen molar-refractivity contribution in [3.63, 3.8) is 0 Å². The molecule has 3 aliphatic heterocycles. The van der Waals surface area contributed by atoms with E-state index in [1.807, 2.05) is 12.1 Å². The summed E-state index contributed by atoms with van der Waals surface area (Å²) >= 11 is 0. The standard InChI is InChI=1S/C28H22O5S/c29-34(30)32-25-15-23-16-26(25,33-34)18-24(23,17-25)28(20-11-5-2-6-12-20)22-14-8-7-13-21(22)27(23,31-28)19-9-3-1-4-10-19/h1-14H,15-18H2. The van der Waals surface area contributed by atoms with Crippen LogP contribution in [0.3, 0.4) is 0 Å². The number of hydrogen-bond donors (Lipinski definition) is 0. The highest BCUT2D eigenvalue weighted by Crippen LogP contribution is 2.97. The van der Waals surface area contributed by atoms with Gasteiger partial charge in [-0.15, -0.1) is 0 Å². The van der Waals surface area contributed by atoms with Crippen molar-refractivity contribution >= 4 is 10.4 Å². The first kappa shape index (κ1) is 18.8. The second kappa shape index (κ2) is 5.05. The van der Waals surface area contributed by atoms with E-state index in [1.165, 1.54) is 11.1 Å². The first-order valence-electron chi connectivity index (χ1n) is 12.0. The second-order valence-electron chi connectivity index (χ2n) is 11.2. The van der Waals surface area contributed by atoms with Gasteiger partial charge in [-0.3, -0.25) is 0 Å². The summed E-state index contributed by atoms with van der Waals surface area (Å²) in [5, 5.41) is 0. The van der Waals surface area contributed by atoms with E-state index in [9.17, 15) is 8.42 Å². The molecule has 0 amide bonds. The Morgan fingerprint density at radius 1 is 0.559 bits per heavy atom. The van der Waals surface area contributed by atoms with Gasteiger partial charge in [0.1, 0.15) is 22.4 Å². The average molecular weight is 471 g/mol. The molecule has 2 unspecified atom stereocenters. The SMILES string of the molecule is O=S1(=O)OC23CC45CC2(CC4(C3)C2(c3ccccc3)OC5(c3ccccc3)c3ccccc32)O1. The van der Waals surface area contributed by atoms with E-state index in [4.69, 9.17) is 13.1 Å². The van der Waals surface area contributed by atoms with E-state index in [0.29, 0.717) is 25.7 Å². The zero-order valence-electron chi connectivity index (χ0n) is 18.4. The van der Waals surface area contributed by atoms with Crippen LogP contribution < -0.4 is 0 Å². The van der Waals surface area contributed by atoms with E-state index in [0.717, 1.165) is 11.1 Å². The van der Waals surface area contributed by atoms with Crippen LogP contribution in [-0.4, -0.2) is 19.6 Å². The molecule has 34 heavy (non-hydrogen) atoms. The maximum absolute atomic E-state index is 12.6. The molecule has 2 atom stereocenters. The molecule has 4 aliphatic carbocycles. The van der Waals surface area contributed by atoms with Gasteiger partial charge in [-0.1, -0.05) is 84.9 Å². The Morgan fingerprint density at radius 2 is 0.941 bits per heavy atom. The fourth-order valence-corrected chi connectivity index (χ4v) is 11.2. The smallest absolute Gasteiger partial charge is 0.348 e. The first-order chi connectivity index (χ1) is 16.4. The van der Waals surface area contributed by atoms with Crippen molar-refractivity contribution in [3.05, 3.63) is 107 Å². The molecule has 4 spiro atoms. The van der Waals surface area contributed by atoms with Crippen molar-refractivity contribution in [2.24, 2.45) is 10.8 Å². The minimum Gasteiger partial charge on any atom is -0.348 e. The summed E-state index contributed by atoms with van der Waals surface area (Å²) in [6.07, 6.45) is 2.49. The van der Waals surface area contributed by atoms with Crippen molar-refractivity contribution in [1.29, 1.82) is 0 Å². The molecule has 6 fully saturated rings. The number of benzene rings is 3. The molecule has 6 heteroatoms. The zero-order chi connectivity index (χ0) is 22.7. The Morgan fingerprint density at radius 3 is 1.35 bits per heavy atom. The fraction of sp³-hybridized carbons (Fsp3) is 0.357. The summed E-state index contributed by atoms with van der Waals surface area (Å²) in [6, 6.07) is 29.6. The molecular weight excluding hydrogens is 448 g/mol. The minimum atomic E-state index is -4.00. The largest absolute Gasteiger partial charge is 0.401 e. The molecule has 0 N–H and O–H groups in total. The lowest BCUT2D eigenvalue weighted by Crippen LogP contribution is -2.52. The second-order valence-corrected chi connectivity index (χ2v) is 12.3. The van der Waals surface area contributed by atoms with Crippen LogP contribution in [0.2, 0.25) is 0 Å². The van der Waals surface area contributed by atoms with Gasteiger partial charge in [0, 0.05) is 10.8 Å². The Labute approximate surface area is 198 Å². The van der Waals surface area contributed by atoms with E-state index in [1.54, 1.807) is 0 Å². The maximum Gasteiger partial charge on any atom is 0.401 e. The Hall–Kier alpha value is -2.51. The van der Waals surface area contributed by atoms with Crippen molar-refractivity contribution in [1.82, 2.24) is 0 Å². The van der Waals surface area contributed by atoms with Gasteiger partial charge in [-0.05, 0) is 47.9 Å². The topological polar surface area (TPSA) is 61.8 Å². The molecule has 3 aromatic carbocycles. The number of hydrogen-bond acceptors (Lipinski definition) is 5. The van der Waals surface area contributed by atoms with Crippen LogP contribution in [0.25, 0.3) is 0 Å². The lowest BCUT2D eigenvalue weighted by atomic mass is 9.47. The highest BCUT2D eigenvalue weighted by molar-refractivity contribution is 7.82. The molecular formula is C28H22O5S. The molecule has 3 aromatic rings. The molecule has 0 aromatic heterocycles. The van der Waals surface area contributed by atoms with Crippen LogP contribution in [-0.2, 0) is 34.7 Å². The summed E-state index contributed by atoms with van der Waals surface area (Å²) in [7, 11) is -4.00. The van der Waals surface area contributed by atoms with Gasteiger partial charge in [-0.25, -0.2) is 8.37 Å². The maximum atomic E-state index is 12.6. The van der Waals surface area contributed by atoms with Gasteiger partial charge >= 0.3 is 10.4 Å². The summed E-state index contributed by atoms with van der Waals surface area (Å²) in [5.41, 5.74) is 0.926. The minimum absolute atomic E-state index is 0.332. The van der Waals surface area contributed by atoms with Crippen LogP contribution >= 0.6 is 0 Å². The molecule has 4 saturated carbocycles. The third-order valence-corrected chi connectivity index (χ3v) is 11.4. The molecule has 6 bridgehead atoms. The number of ether oxygens (including phenoxy) is 1. The van der Waals surface area contributed by atoms with Crippen LogP contribution in [0.1, 0.15) is 47.9 Å².